The number of allylic oxidation sites excluding steroid dienone is 2. The molecule has 0 heterocycles. The standard InChI is InChI=1S/C32H52O2/c1-21(33)34-26-13-14-30(7)24(28(26,4)5)12-15-32(9)25(30)11-10-22-23-20-27(2,3)16-17-29(23,6)18-19-31(22,32)8/h10,23-26H,11-20H2,1-9H3/t23-,24+,25-,26-,29-,30-,31+,32+/m0/s1. The van der Waals surface area contributed by atoms with E-state index in [-0.39, 0.29) is 17.5 Å². The zero-order valence-corrected chi connectivity index (χ0v) is 23.8. The second-order valence-electron chi connectivity index (χ2n) is 15.8. The van der Waals surface area contributed by atoms with Gasteiger partial charge >= 0.3 is 5.97 Å². The maximum atomic E-state index is 11.9. The zero-order chi connectivity index (χ0) is 24.9. The lowest BCUT2D eigenvalue weighted by Crippen LogP contribution is -2.64. The van der Waals surface area contributed by atoms with Gasteiger partial charge in [0.2, 0.25) is 0 Å². The smallest absolute Gasteiger partial charge is 0.302 e. The molecule has 0 bridgehead atoms. The zero-order valence-electron chi connectivity index (χ0n) is 23.8. The molecule has 34 heavy (non-hydrogen) atoms. The number of carbonyl (C=O) groups excluding carboxylic acids is 1. The fraction of sp³-hybridized carbons (Fsp3) is 0.906. The average molecular weight is 469 g/mol. The third-order valence-corrected chi connectivity index (χ3v) is 13.3. The van der Waals surface area contributed by atoms with Gasteiger partial charge in [0.1, 0.15) is 6.10 Å². The molecule has 8 atom stereocenters. The SMILES string of the molecule is CC(=O)O[C@H]1CC[C@@]2(C)[C@H](CC[C@]3(C)[C@H]2CC=C2[C@@H]4CC(C)(C)CC[C@@]4(C)CC[C@]23C)C1(C)C. The highest BCUT2D eigenvalue weighted by Gasteiger charge is 2.68. The Morgan fingerprint density at radius 3 is 2.21 bits per heavy atom. The van der Waals surface area contributed by atoms with Gasteiger partial charge in [-0.25, -0.2) is 0 Å². The van der Waals surface area contributed by atoms with E-state index in [1.165, 1.54) is 57.8 Å². The van der Waals surface area contributed by atoms with Crippen LogP contribution in [0.5, 0.6) is 0 Å². The minimum absolute atomic E-state index is 0.0451. The van der Waals surface area contributed by atoms with Gasteiger partial charge in [0.15, 0.2) is 0 Å². The third kappa shape index (κ3) is 3.21. The predicted molar refractivity (Wildman–Crippen MR) is 140 cm³/mol. The van der Waals surface area contributed by atoms with Gasteiger partial charge in [-0.15, -0.1) is 0 Å². The van der Waals surface area contributed by atoms with Crippen molar-refractivity contribution in [3.8, 4) is 0 Å². The molecule has 5 aliphatic rings. The quantitative estimate of drug-likeness (QED) is 0.284. The first kappa shape index (κ1) is 24.9. The van der Waals surface area contributed by atoms with Crippen molar-refractivity contribution < 1.29 is 9.53 Å². The Hall–Kier alpha value is -0.790. The van der Waals surface area contributed by atoms with Crippen molar-refractivity contribution in [2.45, 2.75) is 133 Å². The van der Waals surface area contributed by atoms with Gasteiger partial charge in [0.25, 0.3) is 0 Å². The first-order valence-corrected chi connectivity index (χ1v) is 14.5. The fourth-order valence-corrected chi connectivity index (χ4v) is 10.9. The molecule has 0 radical (unpaired) electrons. The highest BCUT2D eigenvalue weighted by molar-refractivity contribution is 5.66. The summed E-state index contributed by atoms with van der Waals surface area (Å²) in [5.74, 6) is 2.01. The van der Waals surface area contributed by atoms with E-state index in [0.29, 0.717) is 33.0 Å². The van der Waals surface area contributed by atoms with E-state index in [2.05, 4.69) is 61.5 Å². The molecule has 0 aromatic heterocycles. The maximum Gasteiger partial charge on any atom is 0.302 e. The molecule has 4 saturated carbocycles. The van der Waals surface area contributed by atoms with Crippen molar-refractivity contribution in [1.29, 1.82) is 0 Å². The molecule has 5 rings (SSSR count). The number of hydrogen-bond acceptors (Lipinski definition) is 2. The van der Waals surface area contributed by atoms with Crippen molar-refractivity contribution in [3.05, 3.63) is 11.6 Å². The van der Waals surface area contributed by atoms with E-state index in [1.807, 2.05) is 5.57 Å². The monoisotopic (exact) mass is 468 g/mol. The molecular weight excluding hydrogens is 416 g/mol. The Balaban J connectivity index is 1.53. The molecule has 0 saturated heterocycles. The molecule has 0 aliphatic heterocycles. The highest BCUT2D eigenvalue weighted by Crippen LogP contribution is 2.75. The summed E-state index contributed by atoms with van der Waals surface area (Å²) in [6.45, 7) is 22.0. The molecule has 0 unspecified atom stereocenters. The first-order valence-electron chi connectivity index (χ1n) is 14.5. The molecule has 4 fully saturated rings. The van der Waals surface area contributed by atoms with E-state index < -0.39 is 0 Å². The van der Waals surface area contributed by atoms with Crippen molar-refractivity contribution >= 4 is 5.97 Å². The molecule has 0 amide bonds. The Morgan fingerprint density at radius 2 is 1.53 bits per heavy atom. The van der Waals surface area contributed by atoms with Crippen LogP contribution in [0.4, 0.5) is 0 Å². The van der Waals surface area contributed by atoms with Crippen LogP contribution in [0.3, 0.4) is 0 Å². The van der Waals surface area contributed by atoms with Gasteiger partial charge < -0.3 is 4.74 Å². The van der Waals surface area contributed by atoms with Gasteiger partial charge in [0.05, 0.1) is 0 Å². The molecule has 5 aliphatic carbocycles. The number of esters is 1. The Labute approximate surface area is 210 Å². The van der Waals surface area contributed by atoms with Crippen molar-refractivity contribution in [3.63, 3.8) is 0 Å². The van der Waals surface area contributed by atoms with E-state index in [1.54, 1.807) is 6.92 Å². The summed E-state index contributed by atoms with van der Waals surface area (Å²) in [6, 6.07) is 0. The van der Waals surface area contributed by atoms with Crippen LogP contribution in [0.1, 0.15) is 127 Å². The van der Waals surface area contributed by atoms with E-state index in [4.69, 9.17) is 4.74 Å². The largest absolute Gasteiger partial charge is 0.462 e. The molecule has 0 N–H and O–H groups in total. The molecule has 0 spiro atoms. The van der Waals surface area contributed by atoms with Crippen LogP contribution in [0.2, 0.25) is 0 Å². The van der Waals surface area contributed by atoms with Crippen LogP contribution in [-0.2, 0) is 9.53 Å². The Kier molecular flexibility index (Phi) is 5.40. The lowest BCUT2D eigenvalue weighted by atomic mass is 9.33. The van der Waals surface area contributed by atoms with Gasteiger partial charge in [-0.05, 0) is 109 Å². The Morgan fingerprint density at radius 1 is 0.853 bits per heavy atom. The lowest BCUT2D eigenvalue weighted by Gasteiger charge is -2.71. The predicted octanol–water partition coefficient (Wildman–Crippen LogP) is 8.74. The van der Waals surface area contributed by atoms with Crippen LogP contribution >= 0.6 is 0 Å². The third-order valence-electron chi connectivity index (χ3n) is 13.3. The van der Waals surface area contributed by atoms with Gasteiger partial charge in [-0.3, -0.25) is 4.79 Å². The van der Waals surface area contributed by atoms with E-state index in [0.717, 1.165) is 18.3 Å². The summed E-state index contributed by atoms with van der Waals surface area (Å²) in [5, 5.41) is 0. The number of rotatable bonds is 1. The van der Waals surface area contributed by atoms with Gasteiger partial charge in [-0.1, -0.05) is 67.0 Å². The van der Waals surface area contributed by atoms with Gasteiger partial charge in [-0.2, -0.15) is 0 Å². The summed E-state index contributed by atoms with van der Waals surface area (Å²) in [7, 11) is 0. The molecule has 0 aromatic rings. The maximum absolute atomic E-state index is 11.9. The number of ether oxygens (including phenoxy) is 1. The minimum atomic E-state index is -0.110. The number of hydrogen-bond donors (Lipinski definition) is 0. The van der Waals surface area contributed by atoms with Crippen molar-refractivity contribution in [2.75, 3.05) is 0 Å². The normalized spacial score (nSPS) is 51.1. The molecule has 2 heteroatoms. The molecule has 2 nitrogen and oxygen atoms in total. The van der Waals surface area contributed by atoms with Crippen LogP contribution in [-0.4, -0.2) is 12.1 Å². The highest BCUT2D eigenvalue weighted by atomic mass is 16.5. The van der Waals surface area contributed by atoms with Gasteiger partial charge in [0, 0.05) is 12.3 Å². The summed E-state index contributed by atoms with van der Waals surface area (Å²) in [4.78, 5) is 11.9. The fourth-order valence-electron chi connectivity index (χ4n) is 10.9. The average Bonchev–Trinajstić information content (AvgIpc) is 2.72. The van der Waals surface area contributed by atoms with Crippen LogP contribution < -0.4 is 0 Å². The summed E-state index contributed by atoms with van der Waals surface area (Å²) in [5.41, 5.74) is 3.92. The molecule has 192 valence electrons. The molecule has 0 aromatic carbocycles. The summed E-state index contributed by atoms with van der Waals surface area (Å²) < 4.78 is 5.91. The first-order chi connectivity index (χ1) is 15.6. The second kappa shape index (κ2) is 7.38. The topological polar surface area (TPSA) is 26.3 Å². The van der Waals surface area contributed by atoms with Crippen LogP contribution in [0, 0.1) is 50.2 Å². The lowest BCUT2D eigenvalue weighted by molar-refractivity contribution is -0.211. The molecular formula is C32H52O2. The van der Waals surface area contributed by atoms with Crippen LogP contribution in [0.15, 0.2) is 11.6 Å². The summed E-state index contributed by atoms with van der Waals surface area (Å²) >= 11 is 0. The van der Waals surface area contributed by atoms with E-state index >= 15 is 0 Å². The van der Waals surface area contributed by atoms with Crippen LogP contribution in [0.25, 0.3) is 0 Å². The summed E-state index contributed by atoms with van der Waals surface area (Å²) in [6.07, 6.45) is 15.9. The second-order valence-corrected chi connectivity index (χ2v) is 15.8. The number of fused-ring (bicyclic) bond motifs is 7. The number of carbonyl (C=O) groups is 1. The minimum Gasteiger partial charge on any atom is -0.462 e. The van der Waals surface area contributed by atoms with E-state index in [9.17, 15) is 4.79 Å². The van der Waals surface area contributed by atoms with Crippen molar-refractivity contribution in [1.82, 2.24) is 0 Å². The Bertz CT molecular complexity index is 897. The van der Waals surface area contributed by atoms with Crippen molar-refractivity contribution in [2.24, 2.45) is 50.2 Å².